The molecule has 1 aliphatic heterocycles. The maximum Gasteiger partial charge on any atom is 0.273 e. The molecule has 0 fully saturated rings. The van der Waals surface area contributed by atoms with Crippen molar-refractivity contribution >= 4 is 28.8 Å². The van der Waals surface area contributed by atoms with Gasteiger partial charge in [-0.2, -0.15) is 0 Å². The zero-order valence-electron chi connectivity index (χ0n) is 20.3. The first-order valence-corrected chi connectivity index (χ1v) is 12.7. The van der Waals surface area contributed by atoms with Gasteiger partial charge < -0.3 is 14.6 Å². The molecular formula is C30H25ClFN3O2. The number of nitrogens with zero attached hydrogens (tertiary/aromatic N) is 2. The summed E-state index contributed by atoms with van der Waals surface area (Å²) in [5.74, 6) is 0.0714. The number of amides is 1. The molecule has 5 aromatic rings. The van der Waals surface area contributed by atoms with Crippen molar-refractivity contribution in [3.63, 3.8) is 0 Å². The first-order valence-electron chi connectivity index (χ1n) is 12.3. The highest BCUT2D eigenvalue weighted by atomic mass is 35.5. The minimum absolute atomic E-state index is 0.237. The molecule has 3 heterocycles. The van der Waals surface area contributed by atoms with Crippen LogP contribution in [0.15, 0.2) is 79.0 Å². The molecule has 186 valence electrons. The highest BCUT2D eigenvalue weighted by molar-refractivity contribution is 6.30. The summed E-state index contributed by atoms with van der Waals surface area (Å²) >= 11 is 6.21. The number of carbonyl (C=O) groups excluding carboxylic acids is 1. The molecule has 1 aliphatic rings. The fraction of sp³-hybridized carbons (Fsp3) is 0.167. The molecule has 0 bridgehead atoms. The van der Waals surface area contributed by atoms with E-state index in [1.54, 1.807) is 19.2 Å². The summed E-state index contributed by atoms with van der Waals surface area (Å²) in [5.41, 5.74) is 6.95. The van der Waals surface area contributed by atoms with Crippen LogP contribution >= 0.6 is 11.6 Å². The number of hydrogen-bond acceptors (Lipinski definition) is 2. The van der Waals surface area contributed by atoms with Gasteiger partial charge in [-0.1, -0.05) is 35.9 Å². The van der Waals surface area contributed by atoms with E-state index >= 15 is 0 Å². The van der Waals surface area contributed by atoms with E-state index in [-0.39, 0.29) is 11.7 Å². The highest BCUT2D eigenvalue weighted by Crippen LogP contribution is 2.40. The molecule has 3 aromatic carbocycles. The predicted octanol–water partition coefficient (Wildman–Crippen LogP) is 7.46. The summed E-state index contributed by atoms with van der Waals surface area (Å²) in [6, 6.07) is 21.5. The molecule has 0 saturated carbocycles. The lowest BCUT2D eigenvalue weighted by Crippen LogP contribution is -2.16. The average Bonchev–Trinajstić information content (AvgIpc) is 3.33. The van der Waals surface area contributed by atoms with Crippen molar-refractivity contribution in [2.24, 2.45) is 0 Å². The van der Waals surface area contributed by atoms with Gasteiger partial charge in [-0.15, -0.1) is 0 Å². The zero-order valence-corrected chi connectivity index (χ0v) is 21.1. The maximum atomic E-state index is 14.0. The summed E-state index contributed by atoms with van der Waals surface area (Å²) in [7, 11) is 1.58. The van der Waals surface area contributed by atoms with Gasteiger partial charge in [-0.05, 0) is 78.9 Å². The van der Waals surface area contributed by atoms with Crippen molar-refractivity contribution in [2.45, 2.75) is 25.8 Å². The molecule has 0 unspecified atom stereocenters. The van der Waals surface area contributed by atoms with Crippen LogP contribution in [0.3, 0.4) is 0 Å². The van der Waals surface area contributed by atoms with E-state index in [1.165, 1.54) is 12.1 Å². The molecular weight excluding hydrogens is 489 g/mol. The van der Waals surface area contributed by atoms with E-state index in [4.69, 9.17) is 16.3 Å². The van der Waals surface area contributed by atoms with Gasteiger partial charge in [0.2, 0.25) is 0 Å². The number of carbonyl (C=O) groups is 1. The van der Waals surface area contributed by atoms with E-state index in [9.17, 15) is 9.18 Å². The van der Waals surface area contributed by atoms with Gasteiger partial charge in [0.1, 0.15) is 22.9 Å². The molecule has 0 spiro atoms. The van der Waals surface area contributed by atoms with Crippen LogP contribution in [-0.2, 0) is 13.0 Å². The number of imidazole rings is 1. The van der Waals surface area contributed by atoms with Crippen LogP contribution in [0.25, 0.3) is 28.0 Å². The number of hydrogen-bond donors (Lipinski definition) is 1. The van der Waals surface area contributed by atoms with Gasteiger partial charge in [-0.3, -0.25) is 9.20 Å². The Morgan fingerprint density at radius 1 is 0.973 bits per heavy atom. The van der Waals surface area contributed by atoms with Crippen LogP contribution in [0.4, 0.5) is 10.1 Å². The second-order valence-electron chi connectivity index (χ2n) is 9.19. The lowest BCUT2D eigenvalue weighted by molar-refractivity contribution is 0.102. The number of nitrogens with one attached hydrogen (secondary N) is 1. The Bertz CT molecular complexity index is 1620. The topological polar surface area (TPSA) is 47.7 Å². The number of aromatic nitrogens is 2. The minimum Gasteiger partial charge on any atom is -0.495 e. The van der Waals surface area contributed by atoms with Crippen molar-refractivity contribution in [1.29, 1.82) is 0 Å². The monoisotopic (exact) mass is 513 g/mol. The van der Waals surface area contributed by atoms with Crippen LogP contribution < -0.4 is 10.1 Å². The Labute approximate surface area is 219 Å². The van der Waals surface area contributed by atoms with Gasteiger partial charge in [0, 0.05) is 28.9 Å². The third-order valence-electron chi connectivity index (χ3n) is 6.98. The molecule has 37 heavy (non-hydrogen) atoms. The number of anilines is 1. The Morgan fingerprint density at radius 2 is 1.70 bits per heavy atom. The molecule has 0 aliphatic carbocycles. The molecule has 5 nitrogen and oxygen atoms in total. The summed E-state index contributed by atoms with van der Waals surface area (Å²) in [4.78, 5) is 14.0. The quantitative estimate of drug-likeness (QED) is 0.265. The number of aryl methyl sites for hydroxylation is 2. The number of halogens is 2. The van der Waals surface area contributed by atoms with Gasteiger partial charge >= 0.3 is 0 Å². The highest BCUT2D eigenvalue weighted by Gasteiger charge is 2.30. The van der Waals surface area contributed by atoms with Crippen LogP contribution in [0, 0.1) is 5.82 Å². The summed E-state index contributed by atoms with van der Waals surface area (Å²) in [5, 5.41) is 3.71. The fourth-order valence-corrected chi connectivity index (χ4v) is 5.44. The van der Waals surface area contributed by atoms with Crippen LogP contribution in [0.5, 0.6) is 5.75 Å². The SMILES string of the molecule is COc1ccccc1NC(=O)c1c(-c2ccc(Cl)cc2)c2c3n(c(-c4ccc(F)cc4)cn13)CCCC2. The van der Waals surface area contributed by atoms with Crippen LogP contribution in [0.1, 0.15) is 28.9 Å². The lowest BCUT2D eigenvalue weighted by atomic mass is 9.97. The largest absolute Gasteiger partial charge is 0.495 e. The second kappa shape index (κ2) is 9.45. The molecule has 0 saturated heterocycles. The normalized spacial score (nSPS) is 12.9. The van der Waals surface area contributed by atoms with Gasteiger partial charge in [0.15, 0.2) is 0 Å². The number of rotatable bonds is 5. The van der Waals surface area contributed by atoms with Crippen molar-refractivity contribution in [3.8, 4) is 28.1 Å². The Balaban J connectivity index is 1.60. The fourth-order valence-electron chi connectivity index (χ4n) is 5.32. The van der Waals surface area contributed by atoms with Crippen molar-refractivity contribution in [3.05, 3.63) is 101 Å². The van der Waals surface area contributed by atoms with Crippen molar-refractivity contribution in [1.82, 2.24) is 8.97 Å². The standard InChI is InChI=1S/C30H25ClFN3O2/c1-37-26-8-3-2-7-24(26)33-29(36)28-27(20-9-13-21(31)14-10-20)23-6-4-5-17-34-25(18-35(28)30(23)34)19-11-15-22(32)16-12-19/h2-3,7-16,18H,4-6,17H2,1H3,(H,33,36). The van der Waals surface area contributed by atoms with Crippen molar-refractivity contribution < 1.29 is 13.9 Å². The minimum atomic E-state index is -0.277. The number of ether oxygens (including phenoxy) is 1. The zero-order chi connectivity index (χ0) is 25.5. The van der Waals surface area contributed by atoms with Gasteiger partial charge in [-0.25, -0.2) is 4.39 Å². The lowest BCUT2D eigenvalue weighted by Gasteiger charge is -2.12. The van der Waals surface area contributed by atoms with E-state index in [0.717, 1.165) is 59.4 Å². The molecule has 7 heteroatoms. The average molecular weight is 514 g/mol. The van der Waals surface area contributed by atoms with E-state index in [0.29, 0.717) is 22.2 Å². The van der Waals surface area contributed by atoms with E-state index in [1.807, 2.05) is 59.1 Å². The van der Waals surface area contributed by atoms with Gasteiger partial charge in [0.25, 0.3) is 5.91 Å². The Morgan fingerprint density at radius 3 is 2.46 bits per heavy atom. The van der Waals surface area contributed by atoms with E-state index in [2.05, 4.69) is 9.88 Å². The van der Waals surface area contributed by atoms with Gasteiger partial charge in [0.05, 0.1) is 18.5 Å². The molecule has 1 amide bonds. The van der Waals surface area contributed by atoms with E-state index < -0.39 is 0 Å². The number of methoxy groups -OCH3 is 1. The Hall–Kier alpha value is -4.03. The first-order chi connectivity index (χ1) is 18.0. The third-order valence-corrected chi connectivity index (χ3v) is 7.23. The molecule has 2 aromatic heterocycles. The smallest absolute Gasteiger partial charge is 0.273 e. The molecule has 0 atom stereocenters. The third kappa shape index (κ3) is 4.07. The molecule has 6 rings (SSSR count). The maximum absolute atomic E-state index is 14.0. The Kier molecular flexibility index (Phi) is 5.97. The molecule has 1 N–H and O–H groups in total. The summed E-state index contributed by atoms with van der Waals surface area (Å²) < 4.78 is 23.4. The first kappa shape index (κ1) is 23.4. The molecule has 0 radical (unpaired) electrons. The van der Waals surface area contributed by atoms with Crippen molar-refractivity contribution in [2.75, 3.05) is 12.4 Å². The van der Waals surface area contributed by atoms with Crippen LogP contribution in [0.2, 0.25) is 5.02 Å². The predicted molar refractivity (Wildman–Crippen MR) is 145 cm³/mol. The second-order valence-corrected chi connectivity index (χ2v) is 9.62. The summed E-state index contributed by atoms with van der Waals surface area (Å²) in [6.07, 6.45) is 4.85. The summed E-state index contributed by atoms with van der Waals surface area (Å²) in [6.45, 7) is 0.813. The van der Waals surface area contributed by atoms with Crippen LogP contribution in [-0.4, -0.2) is 22.0 Å². The number of para-hydroxylation sites is 2. The number of benzene rings is 3.